The smallest absolute Gasteiger partial charge is 0.376 e. The van der Waals surface area contributed by atoms with Crippen LogP contribution in [0.3, 0.4) is 0 Å². The fourth-order valence-electron chi connectivity index (χ4n) is 1.55. The molecule has 0 N–H and O–H groups in total. The first-order chi connectivity index (χ1) is 8.13. The first kappa shape index (κ1) is 11.3. The van der Waals surface area contributed by atoms with E-state index in [0.717, 1.165) is 11.3 Å². The molecule has 6 heteroatoms. The Kier molecular flexibility index (Phi) is 2.86. The van der Waals surface area contributed by atoms with E-state index < -0.39 is 5.97 Å². The van der Waals surface area contributed by atoms with E-state index in [4.69, 9.17) is 0 Å². The Hall–Kier alpha value is -2.24. The summed E-state index contributed by atoms with van der Waals surface area (Å²) in [5.74, 6) is -0.472. The van der Waals surface area contributed by atoms with Crippen LogP contribution in [0.15, 0.2) is 18.5 Å². The van der Waals surface area contributed by atoms with Gasteiger partial charge in [-0.05, 0) is 13.0 Å². The number of aryl methyl sites for hydroxylation is 2. The van der Waals surface area contributed by atoms with Gasteiger partial charge in [-0.1, -0.05) is 0 Å². The van der Waals surface area contributed by atoms with Crippen molar-refractivity contribution in [1.29, 1.82) is 0 Å². The van der Waals surface area contributed by atoms with Crippen molar-refractivity contribution in [1.82, 2.24) is 19.7 Å². The Bertz CT molecular complexity index is 562. The van der Waals surface area contributed by atoms with E-state index in [-0.39, 0.29) is 5.82 Å². The van der Waals surface area contributed by atoms with Gasteiger partial charge in [0.15, 0.2) is 0 Å². The third-order valence-electron chi connectivity index (χ3n) is 2.44. The fraction of sp³-hybridized carbons (Fsp3) is 0.273. The lowest BCUT2D eigenvalue weighted by molar-refractivity contribution is 0.0586. The van der Waals surface area contributed by atoms with Crippen LogP contribution >= 0.6 is 0 Å². The largest absolute Gasteiger partial charge is 0.463 e. The third-order valence-corrected chi connectivity index (χ3v) is 2.44. The van der Waals surface area contributed by atoms with Gasteiger partial charge in [0.05, 0.1) is 18.5 Å². The van der Waals surface area contributed by atoms with Crippen molar-refractivity contribution >= 4 is 5.97 Å². The van der Waals surface area contributed by atoms with Gasteiger partial charge >= 0.3 is 5.97 Å². The maximum absolute atomic E-state index is 11.3. The zero-order valence-corrected chi connectivity index (χ0v) is 9.84. The molecule has 0 aliphatic carbocycles. The Labute approximate surface area is 98.3 Å². The molecule has 0 saturated heterocycles. The van der Waals surface area contributed by atoms with Gasteiger partial charge in [-0.15, -0.1) is 0 Å². The Morgan fingerprint density at radius 2 is 2.24 bits per heavy atom. The number of rotatable bonds is 2. The topological polar surface area (TPSA) is 69.9 Å². The minimum absolute atomic E-state index is 0.0657. The summed E-state index contributed by atoms with van der Waals surface area (Å²) in [6.07, 6.45) is 3.30. The lowest BCUT2D eigenvalue weighted by Crippen LogP contribution is -2.09. The number of ether oxygens (including phenoxy) is 1. The minimum Gasteiger partial charge on any atom is -0.463 e. The molecule has 0 aliphatic rings. The van der Waals surface area contributed by atoms with Crippen molar-refractivity contribution in [3.63, 3.8) is 0 Å². The van der Waals surface area contributed by atoms with Crippen LogP contribution in [0.5, 0.6) is 0 Å². The highest BCUT2D eigenvalue weighted by molar-refractivity contribution is 5.85. The minimum atomic E-state index is -0.537. The van der Waals surface area contributed by atoms with Gasteiger partial charge in [0.25, 0.3) is 0 Å². The summed E-state index contributed by atoms with van der Waals surface area (Å²) in [5, 5.41) is 4.08. The number of methoxy groups -OCH3 is 1. The van der Waals surface area contributed by atoms with Crippen molar-refractivity contribution in [2.45, 2.75) is 6.92 Å². The summed E-state index contributed by atoms with van der Waals surface area (Å²) < 4.78 is 6.29. The zero-order valence-electron chi connectivity index (χ0n) is 9.84. The van der Waals surface area contributed by atoms with E-state index in [2.05, 4.69) is 19.8 Å². The summed E-state index contributed by atoms with van der Waals surface area (Å²) in [7, 11) is 3.14. The van der Waals surface area contributed by atoms with Crippen molar-refractivity contribution in [3.8, 4) is 11.3 Å². The Morgan fingerprint density at radius 3 is 2.76 bits per heavy atom. The molecule has 0 saturated carbocycles. The highest BCUT2D eigenvalue weighted by Crippen LogP contribution is 2.20. The number of carbonyl (C=O) groups is 1. The summed E-state index contributed by atoms with van der Waals surface area (Å²) >= 11 is 0. The summed E-state index contributed by atoms with van der Waals surface area (Å²) in [6, 6.07) is 1.86. The molecule has 0 spiro atoms. The molecular weight excluding hydrogens is 220 g/mol. The van der Waals surface area contributed by atoms with Crippen LogP contribution in [-0.2, 0) is 11.8 Å². The summed E-state index contributed by atoms with van der Waals surface area (Å²) in [5.41, 5.74) is 2.46. The van der Waals surface area contributed by atoms with Crippen LogP contribution in [0.1, 0.15) is 16.3 Å². The standard InChI is InChI=1S/C11H12N4O2/c1-7-8(9-4-5-13-15(9)2)6-12-10(14-7)11(16)17-3/h4-6H,1-3H3. The molecule has 2 aromatic heterocycles. The van der Waals surface area contributed by atoms with E-state index in [1.54, 1.807) is 17.1 Å². The second kappa shape index (κ2) is 4.32. The second-order valence-electron chi connectivity index (χ2n) is 3.52. The highest BCUT2D eigenvalue weighted by atomic mass is 16.5. The van der Waals surface area contributed by atoms with Gasteiger partial charge in [-0.3, -0.25) is 4.68 Å². The molecule has 2 aromatic rings. The first-order valence-electron chi connectivity index (χ1n) is 5.04. The maximum Gasteiger partial charge on any atom is 0.376 e. The SMILES string of the molecule is COC(=O)c1ncc(-c2ccnn2C)c(C)n1. The molecular formula is C11H12N4O2. The average Bonchev–Trinajstić information content (AvgIpc) is 2.74. The number of esters is 1. The van der Waals surface area contributed by atoms with Gasteiger partial charge in [-0.2, -0.15) is 5.10 Å². The van der Waals surface area contributed by atoms with E-state index in [9.17, 15) is 4.79 Å². The maximum atomic E-state index is 11.3. The van der Waals surface area contributed by atoms with Gasteiger partial charge in [0.2, 0.25) is 5.82 Å². The summed E-state index contributed by atoms with van der Waals surface area (Å²) in [6.45, 7) is 1.82. The third kappa shape index (κ3) is 2.01. The molecule has 0 aromatic carbocycles. The zero-order chi connectivity index (χ0) is 12.4. The van der Waals surface area contributed by atoms with E-state index in [1.165, 1.54) is 7.11 Å². The van der Waals surface area contributed by atoms with E-state index in [0.29, 0.717) is 5.69 Å². The number of hydrogen-bond acceptors (Lipinski definition) is 5. The second-order valence-corrected chi connectivity index (χ2v) is 3.52. The molecule has 0 fully saturated rings. The molecule has 2 heterocycles. The number of nitrogens with zero attached hydrogens (tertiary/aromatic N) is 4. The van der Waals surface area contributed by atoms with Crippen LogP contribution in [0, 0.1) is 6.92 Å². The van der Waals surface area contributed by atoms with Crippen LogP contribution in [0.25, 0.3) is 11.3 Å². The molecule has 0 aliphatic heterocycles. The molecule has 0 unspecified atom stereocenters. The Balaban J connectivity index is 2.46. The molecule has 88 valence electrons. The van der Waals surface area contributed by atoms with Crippen LogP contribution in [-0.4, -0.2) is 32.8 Å². The molecule has 17 heavy (non-hydrogen) atoms. The van der Waals surface area contributed by atoms with Gasteiger partial charge in [-0.25, -0.2) is 14.8 Å². The van der Waals surface area contributed by atoms with Crippen LogP contribution < -0.4 is 0 Å². The average molecular weight is 232 g/mol. The van der Waals surface area contributed by atoms with E-state index in [1.807, 2.05) is 20.0 Å². The van der Waals surface area contributed by atoms with Crippen LogP contribution in [0.2, 0.25) is 0 Å². The molecule has 0 amide bonds. The van der Waals surface area contributed by atoms with Crippen molar-refractivity contribution in [3.05, 3.63) is 30.0 Å². The molecule has 0 bridgehead atoms. The molecule has 0 atom stereocenters. The van der Waals surface area contributed by atoms with Crippen LogP contribution in [0.4, 0.5) is 0 Å². The quantitative estimate of drug-likeness (QED) is 0.721. The fourth-order valence-corrected chi connectivity index (χ4v) is 1.55. The van der Waals surface area contributed by atoms with Crippen molar-refractivity contribution in [2.24, 2.45) is 7.05 Å². The van der Waals surface area contributed by atoms with Crippen molar-refractivity contribution < 1.29 is 9.53 Å². The number of aromatic nitrogens is 4. The summed E-state index contributed by atoms with van der Waals surface area (Å²) in [4.78, 5) is 19.4. The molecule has 6 nitrogen and oxygen atoms in total. The first-order valence-corrected chi connectivity index (χ1v) is 5.04. The highest BCUT2D eigenvalue weighted by Gasteiger charge is 2.13. The van der Waals surface area contributed by atoms with Gasteiger partial charge < -0.3 is 4.74 Å². The number of carbonyl (C=O) groups excluding carboxylic acids is 1. The predicted molar refractivity (Wildman–Crippen MR) is 60.3 cm³/mol. The normalized spacial score (nSPS) is 10.3. The van der Waals surface area contributed by atoms with Crippen molar-refractivity contribution in [2.75, 3.05) is 7.11 Å². The van der Waals surface area contributed by atoms with Gasteiger partial charge in [0.1, 0.15) is 0 Å². The monoisotopic (exact) mass is 232 g/mol. The molecule has 2 rings (SSSR count). The van der Waals surface area contributed by atoms with E-state index >= 15 is 0 Å². The Morgan fingerprint density at radius 1 is 1.47 bits per heavy atom. The predicted octanol–water partition coefficient (Wildman–Crippen LogP) is 0.972. The lowest BCUT2D eigenvalue weighted by Gasteiger charge is -2.06. The lowest BCUT2D eigenvalue weighted by atomic mass is 10.2. The van der Waals surface area contributed by atoms with Gasteiger partial charge in [0, 0.05) is 25.0 Å². The molecule has 0 radical (unpaired) electrons. The number of hydrogen-bond donors (Lipinski definition) is 0.